The molecule has 136 valence electrons. The number of hydrogen-bond donors (Lipinski definition) is 1. The Hall–Kier alpha value is -3.13. The minimum atomic E-state index is -0.828. The first-order chi connectivity index (χ1) is 12.3. The molecule has 0 spiro atoms. The molecule has 1 amide bonds. The van der Waals surface area contributed by atoms with Gasteiger partial charge in [-0.2, -0.15) is 0 Å². The third kappa shape index (κ3) is 4.93. The molecule has 0 saturated heterocycles. The Morgan fingerprint density at radius 1 is 1.23 bits per heavy atom. The minimum Gasteiger partial charge on any atom is -0.452 e. The van der Waals surface area contributed by atoms with Gasteiger partial charge < -0.3 is 15.4 Å². The number of nitro benzene ring substituents is 1. The summed E-state index contributed by atoms with van der Waals surface area (Å²) in [6, 6.07) is 10.4. The van der Waals surface area contributed by atoms with E-state index in [1.54, 1.807) is 31.3 Å². The number of rotatable bonds is 6. The van der Waals surface area contributed by atoms with Crippen molar-refractivity contribution in [3.8, 4) is 0 Å². The van der Waals surface area contributed by atoms with E-state index in [1.807, 2.05) is 0 Å². The van der Waals surface area contributed by atoms with Crippen LogP contribution in [0.4, 0.5) is 11.4 Å². The number of nitrogens with zero attached hydrogens (tertiary/aromatic N) is 2. The average molecular weight is 378 g/mol. The van der Waals surface area contributed by atoms with Crippen LogP contribution in [0.5, 0.6) is 0 Å². The number of ether oxygens (including phenoxy) is 1. The summed E-state index contributed by atoms with van der Waals surface area (Å²) in [6.45, 7) is -0.146. The second-order valence-corrected chi connectivity index (χ2v) is 5.92. The fraction of sp³-hybridized carbons (Fsp3) is 0.176. The van der Waals surface area contributed by atoms with Crippen molar-refractivity contribution in [1.82, 2.24) is 4.90 Å². The number of nitrogen functional groups attached to an aromatic ring is 1. The van der Waals surface area contributed by atoms with Crippen LogP contribution in [0.15, 0.2) is 42.5 Å². The van der Waals surface area contributed by atoms with E-state index in [-0.39, 0.29) is 16.9 Å². The van der Waals surface area contributed by atoms with Crippen LogP contribution >= 0.6 is 11.6 Å². The van der Waals surface area contributed by atoms with E-state index in [0.717, 1.165) is 17.7 Å². The molecule has 9 heteroatoms. The monoisotopic (exact) mass is 377 g/mol. The lowest BCUT2D eigenvalue weighted by molar-refractivity contribution is -0.384. The van der Waals surface area contributed by atoms with Crippen molar-refractivity contribution in [3.63, 3.8) is 0 Å². The molecule has 8 nitrogen and oxygen atoms in total. The predicted octanol–water partition coefficient (Wildman–Crippen LogP) is 2.65. The van der Waals surface area contributed by atoms with Crippen LogP contribution in [0.1, 0.15) is 15.9 Å². The Morgan fingerprint density at radius 2 is 1.88 bits per heavy atom. The van der Waals surface area contributed by atoms with Gasteiger partial charge in [-0.15, -0.1) is 0 Å². The van der Waals surface area contributed by atoms with Gasteiger partial charge in [-0.1, -0.05) is 23.7 Å². The van der Waals surface area contributed by atoms with E-state index in [9.17, 15) is 19.7 Å². The molecule has 2 rings (SSSR count). The van der Waals surface area contributed by atoms with Crippen LogP contribution in [0, 0.1) is 10.1 Å². The largest absolute Gasteiger partial charge is 0.452 e. The summed E-state index contributed by atoms with van der Waals surface area (Å²) in [5.41, 5.74) is 6.13. The van der Waals surface area contributed by atoms with E-state index in [2.05, 4.69) is 0 Å². The Kier molecular flexibility index (Phi) is 6.13. The molecule has 0 bridgehead atoms. The van der Waals surface area contributed by atoms with Gasteiger partial charge >= 0.3 is 5.97 Å². The van der Waals surface area contributed by atoms with E-state index in [4.69, 9.17) is 22.1 Å². The Morgan fingerprint density at radius 3 is 2.46 bits per heavy atom. The Labute approximate surface area is 154 Å². The Bertz CT molecular complexity index is 839. The molecule has 0 heterocycles. The van der Waals surface area contributed by atoms with Crippen molar-refractivity contribution in [2.24, 2.45) is 0 Å². The summed E-state index contributed by atoms with van der Waals surface area (Å²) < 4.78 is 4.95. The fourth-order valence-electron chi connectivity index (χ4n) is 2.12. The first-order valence-electron chi connectivity index (χ1n) is 7.47. The summed E-state index contributed by atoms with van der Waals surface area (Å²) in [4.78, 5) is 35.5. The second kappa shape index (κ2) is 8.30. The van der Waals surface area contributed by atoms with Crippen LogP contribution in [-0.4, -0.2) is 35.4 Å². The molecule has 2 aromatic carbocycles. The number of esters is 1. The van der Waals surface area contributed by atoms with Crippen molar-refractivity contribution in [3.05, 3.63) is 68.7 Å². The third-order valence-electron chi connectivity index (χ3n) is 3.55. The molecular weight excluding hydrogens is 362 g/mol. The van der Waals surface area contributed by atoms with Gasteiger partial charge in [0.05, 0.1) is 16.2 Å². The van der Waals surface area contributed by atoms with Gasteiger partial charge in [0, 0.05) is 30.7 Å². The summed E-state index contributed by atoms with van der Waals surface area (Å²) in [6.07, 6.45) is 0. The maximum atomic E-state index is 12.1. The lowest BCUT2D eigenvalue weighted by Gasteiger charge is -2.17. The molecular formula is C17H16ClN3O5. The summed E-state index contributed by atoms with van der Waals surface area (Å²) in [7, 11) is 1.57. The predicted molar refractivity (Wildman–Crippen MR) is 95.7 cm³/mol. The van der Waals surface area contributed by atoms with Gasteiger partial charge in [0.2, 0.25) is 0 Å². The number of likely N-dealkylation sites (N-methyl/N-ethyl adjacent to an activating group) is 1. The molecule has 2 N–H and O–H groups in total. The average Bonchev–Trinajstić information content (AvgIpc) is 2.61. The third-order valence-corrected chi connectivity index (χ3v) is 3.80. The number of amides is 1. The molecule has 26 heavy (non-hydrogen) atoms. The van der Waals surface area contributed by atoms with E-state index < -0.39 is 23.4 Å². The maximum Gasteiger partial charge on any atom is 0.340 e. The zero-order valence-electron chi connectivity index (χ0n) is 13.8. The van der Waals surface area contributed by atoms with Crippen LogP contribution < -0.4 is 5.73 Å². The maximum absolute atomic E-state index is 12.1. The van der Waals surface area contributed by atoms with Crippen molar-refractivity contribution >= 4 is 34.9 Å². The molecule has 0 aliphatic heterocycles. The van der Waals surface area contributed by atoms with Crippen molar-refractivity contribution in [2.75, 3.05) is 19.4 Å². The van der Waals surface area contributed by atoms with Crippen molar-refractivity contribution < 1.29 is 19.2 Å². The van der Waals surface area contributed by atoms with Crippen LogP contribution in [0.2, 0.25) is 5.02 Å². The number of benzene rings is 2. The highest BCUT2D eigenvalue weighted by molar-refractivity contribution is 6.30. The number of nitrogens with two attached hydrogens (primary N) is 1. The van der Waals surface area contributed by atoms with Gasteiger partial charge in [-0.05, 0) is 23.8 Å². The number of hydrogen-bond acceptors (Lipinski definition) is 6. The van der Waals surface area contributed by atoms with E-state index in [0.29, 0.717) is 11.6 Å². The van der Waals surface area contributed by atoms with Crippen molar-refractivity contribution in [1.29, 1.82) is 0 Å². The molecule has 2 aromatic rings. The molecule has 0 aromatic heterocycles. The molecule has 0 aliphatic carbocycles. The highest BCUT2D eigenvalue weighted by atomic mass is 35.5. The van der Waals surface area contributed by atoms with Crippen LogP contribution in [-0.2, 0) is 16.1 Å². The molecule has 0 saturated carbocycles. The fourth-order valence-corrected chi connectivity index (χ4v) is 2.24. The summed E-state index contributed by atoms with van der Waals surface area (Å²) in [5.74, 6) is -1.24. The Balaban J connectivity index is 1.92. The van der Waals surface area contributed by atoms with Gasteiger partial charge in [0.25, 0.3) is 11.6 Å². The quantitative estimate of drug-likeness (QED) is 0.358. The summed E-state index contributed by atoms with van der Waals surface area (Å²) in [5, 5.41) is 11.3. The number of carbonyl (C=O) groups excluding carboxylic acids is 2. The zero-order valence-corrected chi connectivity index (χ0v) is 14.6. The smallest absolute Gasteiger partial charge is 0.340 e. The van der Waals surface area contributed by atoms with Gasteiger partial charge in [0.1, 0.15) is 0 Å². The number of anilines is 1. The molecule has 0 radical (unpaired) electrons. The SMILES string of the molecule is CN(Cc1ccc(Cl)cc1)C(=O)COC(=O)c1ccc([N+](=O)[O-])cc1N. The molecule has 0 unspecified atom stereocenters. The van der Waals surface area contributed by atoms with Crippen molar-refractivity contribution in [2.45, 2.75) is 6.54 Å². The highest BCUT2D eigenvalue weighted by Gasteiger charge is 2.18. The number of non-ortho nitro benzene ring substituents is 1. The summed E-state index contributed by atoms with van der Waals surface area (Å²) >= 11 is 5.81. The number of carbonyl (C=O) groups is 2. The van der Waals surface area contributed by atoms with Gasteiger partial charge in [-0.25, -0.2) is 4.79 Å². The minimum absolute atomic E-state index is 0.0382. The molecule has 0 atom stereocenters. The van der Waals surface area contributed by atoms with Crippen LogP contribution in [0.25, 0.3) is 0 Å². The van der Waals surface area contributed by atoms with E-state index in [1.165, 1.54) is 11.0 Å². The second-order valence-electron chi connectivity index (χ2n) is 5.48. The number of halogens is 1. The topological polar surface area (TPSA) is 116 Å². The zero-order chi connectivity index (χ0) is 19.3. The lowest BCUT2D eigenvalue weighted by atomic mass is 10.1. The first-order valence-corrected chi connectivity index (χ1v) is 7.85. The van der Waals surface area contributed by atoms with Gasteiger partial charge in [0.15, 0.2) is 6.61 Å². The highest BCUT2D eigenvalue weighted by Crippen LogP contribution is 2.20. The lowest BCUT2D eigenvalue weighted by Crippen LogP contribution is -2.30. The normalized spacial score (nSPS) is 10.2. The first kappa shape index (κ1) is 19.2. The van der Waals surface area contributed by atoms with E-state index >= 15 is 0 Å². The standard InChI is InChI=1S/C17H16ClN3O5/c1-20(9-11-2-4-12(18)5-3-11)16(22)10-26-17(23)14-7-6-13(21(24)25)8-15(14)19/h2-8H,9-10,19H2,1H3. The van der Waals surface area contributed by atoms with Gasteiger partial charge in [-0.3, -0.25) is 14.9 Å². The number of nitro groups is 1. The molecule has 0 fully saturated rings. The van der Waals surface area contributed by atoms with Crippen LogP contribution in [0.3, 0.4) is 0 Å². The molecule has 0 aliphatic rings.